The minimum absolute atomic E-state index is 0.163. The number of halogens is 6. The van der Waals surface area contributed by atoms with Crippen LogP contribution in [0.5, 0.6) is 5.75 Å². The number of rotatable bonds is 4. The number of benzene rings is 2. The Hall–Kier alpha value is -2.71. The van der Waals surface area contributed by atoms with Crippen LogP contribution in [0, 0.1) is 23.3 Å². The molecule has 0 aliphatic rings. The van der Waals surface area contributed by atoms with Crippen LogP contribution in [0.4, 0.5) is 26.3 Å². The van der Waals surface area contributed by atoms with Crippen molar-refractivity contribution in [3.8, 4) is 5.75 Å². The summed E-state index contributed by atoms with van der Waals surface area (Å²) in [6, 6.07) is 1.81. The Kier molecular flexibility index (Phi) is 4.22. The lowest BCUT2D eigenvalue weighted by atomic mass is 10.1. The third kappa shape index (κ3) is 3.38. The molecule has 0 aliphatic heterocycles. The predicted molar refractivity (Wildman–Crippen MR) is 64.2 cm³/mol. The second-order valence-corrected chi connectivity index (χ2v) is 4.32. The maximum Gasteiger partial charge on any atom is 0.429 e. The summed E-state index contributed by atoms with van der Waals surface area (Å²) in [4.78, 5) is 10.6. The van der Waals surface area contributed by atoms with Gasteiger partial charge in [0.1, 0.15) is 11.6 Å². The molecule has 0 saturated heterocycles. The molecule has 0 spiro atoms. The molecule has 3 nitrogen and oxygen atoms in total. The quantitative estimate of drug-likeness (QED) is 0.676. The number of carboxylic acids is 1. The van der Waals surface area contributed by atoms with E-state index in [-0.39, 0.29) is 12.1 Å². The van der Waals surface area contributed by atoms with Gasteiger partial charge in [-0.3, -0.25) is 0 Å². The van der Waals surface area contributed by atoms with Crippen LogP contribution in [0.25, 0.3) is 0 Å². The molecule has 0 amide bonds. The van der Waals surface area contributed by atoms with Crippen LogP contribution in [-0.4, -0.2) is 11.1 Å². The molecule has 122 valence electrons. The molecule has 23 heavy (non-hydrogen) atoms. The Morgan fingerprint density at radius 1 is 0.957 bits per heavy atom. The second kappa shape index (κ2) is 5.82. The molecule has 2 aromatic carbocycles. The van der Waals surface area contributed by atoms with Gasteiger partial charge in [0.25, 0.3) is 0 Å². The van der Waals surface area contributed by atoms with Crippen LogP contribution in [0.15, 0.2) is 30.3 Å². The van der Waals surface area contributed by atoms with Crippen LogP contribution >= 0.6 is 0 Å². The van der Waals surface area contributed by atoms with Crippen molar-refractivity contribution in [1.29, 1.82) is 0 Å². The van der Waals surface area contributed by atoms with Gasteiger partial charge >= 0.3 is 12.1 Å². The maximum absolute atomic E-state index is 13.9. The third-order valence-electron chi connectivity index (χ3n) is 2.73. The van der Waals surface area contributed by atoms with Gasteiger partial charge in [0, 0.05) is 12.1 Å². The van der Waals surface area contributed by atoms with Gasteiger partial charge in [0.15, 0.2) is 17.5 Å². The SMILES string of the molecule is O=C(O)c1ccc(C(F)(F)Oc2cc(F)c(F)c(F)c2)c(F)c1. The predicted octanol–water partition coefficient (Wildman–Crippen LogP) is 4.07. The molecule has 0 unspecified atom stereocenters. The van der Waals surface area contributed by atoms with Gasteiger partial charge in [-0.1, -0.05) is 0 Å². The van der Waals surface area contributed by atoms with Crippen LogP contribution in [-0.2, 0) is 6.11 Å². The number of aromatic carboxylic acids is 1. The molecular formula is C14H6F6O3. The summed E-state index contributed by atoms with van der Waals surface area (Å²) in [7, 11) is 0. The minimum Gasteiger partial charge on any atom is -0.478 e. The molecule has 0 saturated carbocycles. The van der Waals surface area contributed by atoms with E-state index in [2.05, 4.69) is 4.74 Å². The zero-order chi connectivity index (χ0) is 17.4. The molecule has 2 aromatic rings. The van der Waals surface area contributed by atoms with E-state index in [4.69, 9.17) is 5.11 Å². The minimum atomic E-state index is -4.38. The van der Waals surface area contributed by atoms with E-state index >= 15 is 0 Å². The van der Waals surface area contributed by atoms with Crippen LogP contribution in [0.1, 0.15) is 15.9 Å². The largest absolute Gasteiger partial charge is 0.478 e. The fourth-order valence-electron chi connectivity index (χ4n) is 1.68. The Morgan fingerprint density at radius 3 is 2.00 bits per heavy atom. The van der Waals surface area contributed by atoms with Gasteiger partial charge in [-0.25, -0.2) is 22.4 Å². The topological polar surface area (TPSA) is 46.5 Å². The third-order valence-corrected chi connectivity index (χ3v) is 2.73. The van der Waals surface area contributed by atoms with Crippen LogP contribution in [0.3, 0.4) is 0 Å². The zero-order valence-corrected chi connectivity index (χ0v) is 10.9. The fourth-order valence-corrected chi connectivity index (χ4v) is 1.68. The van der Waals surface area contributed by atoms with E-state index in [0.29, 0.717) is 18.2 Å². The zero-order valence-electron chi connectivity index (χ0n) is 10.9. The number of ether oxygens (including phenoxy) is 1. The summed E-state index contributed by atoms with van der Waals surface area (Å²) in [5.74, 6) is -9.62. The number of alkyl halides is 2. The van der Waals surface area contributed by atoms with Crippen molar-refractivity contribution < 1.29 is 41.0 Å². The Bertz CT molecular complexity index is 752. The maximum atomic E-state index is 13.9. The molecule has 0 aromatic heterocycles. The van der Waals surface area contributed by atoms with Crippen LogP contribution < -0.4 is 4.74 Å². The molecule has 2 rings (SSSR count). The molecular weight excluding hydrogens is 330 g/mol. The smallest absolute Gasteiger partial charge is 0.429 e. The van der Waals surface area contributed by atoms with Gasteiger partial charge < -0.3 is 9.84 Å². The summed E-state index contributed by atoms with van der Waals surface area (Å²) in [5, 5.41) is 8.62. The first-order valence-electron chi connectivity index (χ1n) is 5.86. The summed E-state index contributed by atoms with van der Waals surface area (Å²) in [5.41, 5.74) is -1.94. The van der Waals surface area contributed by atoms with E-state index in [1.54, 1.807) is 0 Å². The summed E-state index contributed by atoms with van der Waals surface area (Å²) >= 11 is 0. The highest BCUT2D eigenvalue weighted by atomic mass is 19.3. The number of hydrogen-bond acceptors (Lipinski definition) is 2. The summed E-state index contributed by atoms with van der Waals surface area (Å²) in [6.45, 7) is 0. The van der Waals surface area contributed by atoms with E-state index in [9.17, 15) is 31.1 Å². The van der Waals surface area contributed by atoms with Crippen molar-refractivity contribution in [3.63, 3.8) is 0 Å². The first kappa shape index (κ1) is 16.7. The average molecular weight is 336 g/mol. The lowest BCUT2D eigenvalue weighted by molar-refractivity contribution is -0.187. The van der Waals surface area contributed by atoms with Gasteiger partial charge in [0.05, 0.1) is 11.1 Å². The highest BCUT2D eigenvalue weighted by Crippen LogP contribution is 2.34. The molecule has 0 heterocycles. The standard InChI is InChI=1S/C14H6F6O3/c15-9-3-6(13(21)22)1-2-8(9)14(19,20)23-7-4-10(16)12(18)11(17)5-7/h1-5H,(H,21,22). The molecule has 1 N–H and O–H groups in total. The van der Waals surface area contributed by atoms with E-state index < -0.39 is 52.2 Å². The number of hydrogen-bond donors (Lipinski definition) is 1. The van der Waals surface area contributed by atoms with E-state index in [1.165, 1.54) is 0 Å². The lowest BCUT2D eigenvalue weighted by Gasteiger charge is -2.19. The Labute approximate surface area is 124 Å². The van der Waals surface area contributed by atoms with Gasteiger partial charge in [0.2, 0.25) is 0 Å². The Balaban J connectivity index is 2.37. The van der Waals surface area contributed by atoms with Gasteiger partial charge in [-0.05, 0) is 18.2 Å². The fraction of sp³-hybridized carbons (Fsp3) is 0.0714. The molecule has 0 aliphatic carbocycles. The normalized spacial score (nSPS) is 11.4. The first-order valence-corrected chi connectivity index (χ1v) is 5.86. The molecule has 0 bridgehead atoms. The van der Waals surface area contributed by atoms with Gasteiger partial charge in [-0.2, -0.15) is 8.78 Å². The molecule has 0 atom stereocenters. The van der Waals surface area contributed by atoms with Crippen molar-refractivity contribution in [3.05, 3.63) is 64.7 Å². The second-order valence-electron chi connectivity index (χ2n) is 4.32. The van der Waals surface area contributed by atoms with Crippen molar-refractivity contribution in [2.75, 3.05) is 0 Å². The highest BCUT2D eigenvalue weighted by molar-refractivity contribution is 5.87. The Morgan fingerprint density at radius 2 is 1.52 bits per heavy atom. The van der Waals surface area contributed by atoms with Crippen molar-refractivity contribution in [2.45, 2.75) is 6.11 Å². The average Bonchev–Trinajstić information content (AvgIpc) is 2.43. The summed E-state index contributed by atoms with van der Waals surface area (Å²) in [6.07, 6.45) is -4.38. The molecule has 0 fully saturated rings. The van der Waals surface area contributed by atoms with E-state index in [0.717, 1.165) is 0 Å². The summed E-state index contributed by atoms with van der Waals surface area (Å²) < 4.78 is 84.0. The highest BCUT2D eigenvalue weighted by Gasteiger charge is 2.38. The van der Waals surface area contributed by atoms with Crippen molar-refractivity contribution >= 4 is 5.97 Å². The van der Waals surface area contributed by atoms with Crippen molar-refractivity contribution in [1.82, 2.24) is 0 Å². The number of carbonyl (C=O) groups is 1. The van der Waals surface area contributed by atoms with Crippen molar-refractivity contribution in [2.24, 2.45) is 0 Å². The lowest BCUT2D eigenvalue weighted by Crippen LogP contribution is -2.24. The molecule has 9 heteroatoms. The first-order chi connectivity index (χ1) is 10.6. The number of carboxylic acid groups (broad SMARTS) is 1. The molecule has 0 radical (unpaired) electrons. The van der Waals surface area contributed by atoms with E-state index in [1.807, 2.05) is 0 Å². The van der Waals surface area contributed by atoms with Crippen LogP contribution in [0.2, 0.25) is 0 Å². The van der Waals surface area contributed by atoms with Gasteiger partial charge in [-0.15, -0.1) is 0 Å². The monoisotopic (exact) mass is 336 g/mol.